The van der Waals surface area contributed by atoms with Gasteiger partial charge in [-0.2, -0.15) is 0 Å². The van der Waals surface area contributed by atoms with Crippen molar-refractivity contribution in [1.29, 1.82) is 0 Å². The number of aryl methyl sites for hydroxylation is 1. The summed E-state index contributed by atoms with van der Waals surface area (Å²) in [7, 11) is 0. The number of aromatic nitrogens is 3. The van der Waals surface area contributed by atoms with E-state index in [4.69, 9.17) is 0 Å². The zero-order valence-corrected chi connectivity index (χ0v) is 17.3. The van der Waals surface area contributed by atoms with Gasteiger partial charge in [0.05, 0.1) is 16.3 Å². The predicted octanol–water partition coefficient (Wildman–Crippen LogP) is 4.49. The quantitative estimate of drug-likeness (QED) is 0.485. The summed E-state index contributed by atoms with van der Waals surface area (Å²) in [6.45, 7) is 1.97. The molecule has 30 heavy (non-hydrogen) atoms. The van der Waals surface area contributed by atoms with Gasteiger partial charge in [0, 0.05) is 18.4 Å². The van der Waals surface area contributed by atoms with Crippen molar-refractivity contribution in [3.05, 3.63) is 82.8 Å². The molecule has 1 fully saturated rings. The van der Waals surface area contributed by atoms with Gasteiger partial charge in [-0.05, 0) is 48.6 Å². The van der Waals surface area contributed by atoms with Crippen LogP contribution in [-0.2, 0) is 0 Å². The molecule has 3 aromatic heterocycles. The maximum atomic E-state index is 13.4. The number of carbonyl (C=O) groups excluding carboxylic acids is 1. The van der Waals surface area contributed by atoms with Gasteiger partial charge < -0.3 is 10.6 Å². The number of hydrogen-bond acceptors (Lipinski definition) is 6. The zero-order chi connectivity index (χ0) is 20.5. The molecule has 150 valence electrons. The molecule has 7 heteroatoms. The van der Waals surface area contributed by atoms with Gasteiger partial charge in [-0.15, -0.1) is 11.3 Å². The SMILES string of the molecule is Cc1c(C(=O)N[C@@H](c2ccccc2)c2ccncc2)sc2ncnc(NC3CC3)c12. The molecule has 5 rings (SSSR count). The molecule has 0 spiro atoms. The van der Waals surface area contributed by atoms with Crippen LogP contribution in [0.5, 0.6) is 0 Å². The van der Waals surface area contributed by atoms with Crippen molar-refractivity contribution in [1.82, 2.24) is 20.3 Å². The summed E-state index contributed by atoms with van der Waals surface area (Å²) >= 11 is 1.41. The van der Waals surface area contributed by atoms with E-state index in [1.54, 1.807) is 18.7 Å². The van der Waals surface area contributed by atoms with E-state index in [1.165, 1.54) is 11.3 Å². The smallest absolute Gasteiger partial charge is 0.262 e. The number of nitrogens with one attached hydrogen (secondary N) is 2. The summed E-state index contributed by atoms with van der Waals surface area (Å²) in [5.74, 6) is 0.711. The summed E-state index contributed by atoms with van der Waals surface area (Å²) in [6.07, 6.45) is 7.37. The van der Waals surface area contributed by atoms with E-state index in [0.29, 0.717) is 10.9 Å². The van der Waals surface area contributed by atoms with E-state index in [9.17, 15) is 4.79 Å². The summed E-state index contributed by atoms with van der Waals surface area (Å²) in [5, 5.41) is 7.62. The second-order valence-electron chi connectivity index (χ2n) is 7.47. The number of hydrogen-bond donors (Lipinski definition) is 2. The molecule has 1 aliphatic rings. The van der Waals surface area contributed by atoms with Crippen molar-refractivity contribution in [3.8, 4) is 0 Å². The summed E-state index contributed by atoms with van der Waals surface area (Å²) in [5.41, 5.74) is 2.92. The molecule has 4 aromatic rings. The Morgan fingerprint density at radius 2 is 1.80 bits per heavy atom. The maximum absolute atomic E-state index is 13.4. The van der Waals surface area contributed by atoms with E-state index in [1.807, 2.05) is 49.4 Å². The number of thiophene rings is 1. The monoisotopic (exact) mass is 415 g/mol. The van der Waals surface area contributed by atoms with Gasteiger partial charge in [-0.25, -0.2) is 9.97 Å². The lowest BCUT2D eigenvalue weighted by molar-refractivity contribution is 0.0946. The van der Waals surface area contributed by atoms with E-state index in [2.05, 4.69) is 25.6 Å². The number of nitrogens with zero attached hydrogens (tertiary/aromatic N) is 3. The van der Waals surface area contributed by atoms with Crippen LogP contribution in [0, 0.1) is 6.92 Å². The first kappa shape index (κ1) is 18.7. The van der Waals surface area contributed by atoms with Crippen molar-refractivity contribution in [2.75, 3.05) is 5.32 Å². The van der Waals surface area contributed by atoms with Gasteiger partial charge in [-0.3, -0.25) is 9.78 Å². The third-order valence-corrected chi connectivity index (χ3v) is 6.50. The molecule has 3 heterocycles. The molecule has 0 bridgehead atoms. The Morgan fingerprint density at radius 3 is 2.53 bits per heavy atom. The molecule has 1 atom stereocenters. The van der Waals surface area contributed by atoms with Crippen LogP contribution in [0.4, 0.5) is 5.82 Å². The Bertz CT molecular complexity index is 1150. The lowest BCUT2D eigenvalue weighted by Crippen LogP contribution is -2.29. The molecule has 6 nitrogen and oxygen atoms in total. The molecule has 0 unspecified atom stereocenters. The Morgan fingerprint density at radius 1 is 1.07 bits per heavy atom. The molecule has 1 saturated carbocycles. The maximum Gasteiger partial charge on any atom is 0.262 e. The number of anilines is 1. The first-order chi connectivity index (χ1) is 14.7. The van der Waals surface area contributed by atoms with Crippen LogP contribution >= 0.6 is 11.3 Å². The summed E-state index contributed by atoms with van der Waals surface area (Å²) in [4.78, 5) is 27.8. The number of benzene rings is 1. The van der Waals surface area contributed by atoms with Crippen LogP contribution in [0.25, 0.3) is 10.2 Å². The van der Waals surface area contributed by atoms with Crippen molar-refractivity contribution < 1.29 is 4.79 Å². The number of carbonyl (C=O) groups is 1. The zero-order valence-electron chi connectivity index (χ0n) is 16.5. The fraction of sp³-hybridized carbons (Fsp3) is 0.217. The number of fused-ring (bicyclic) bond motifs is 1. The van der Waals surface area contributed by atoms with Crippen LogP contribution in [-0.4, -0.2) is 26.9 Å². The van der Waals surface area contributed by atoms with Crippen molar-refractivity contribution >= 4 is 33.3 Å². The fourth-order valence-corrected chi connectivity index (χ4v) is 4.63. The highest BCUT2D eigenvalue weighted by Crippen LogP contribution is 2.36. The normalized spacial score (nSPS) is 14.4. The molecular formula is C23H21N5OS. The van der Waals surface area contributed by atoms with Gasteiger partial charge in [0.15, 0.2) is 0 Å². The third kappa shape index (κ3) is 3.64. The molecule has 2 N–H and O–H groups in total. The highest BCUT2D eigenvalue weighted by atomic mass is 32.1. The molecule has 1 amide bonds. The molecule has 1 aliphatic carbocycles. The first-order valence-corrected chi connectivity index (χ1v) is 10.8. The van der Waals surface area contributed by atoms with E-state index in [0.717, 1.165) is 45.6 Å². The van der Waals surface area contributed by atoms with Gasteiger partial charge >= 0.3 is 0 Å². The number of amides is 1. The molecule has 0 saturated heterocycles. The second-order valence-corrected chi connectivity index (χ2v) is 8.47. The largest absolute Gasteiger partial charge is 0.367 e. The first-order valence-electron chi connectivity index (χ1n) is 9.97. The van der Waals surface area contributed by atoms with E-state index in [-0.39, 0.29) is 11.9 Å². The van der Waals surface area contributed by atoms with Crippen molar-refractivity contribution in [2.45, 2.75) is 31.8 Å². The van der Waals surface area contributed by atoms with Gasteiger partial charge in [0.25, 0.3) is 5.91 Å². The Labute approximate surface area is 178 Å². The highest BCUT2D eigenvalue weighted by molar-refractivity contribution is 7.20. The molecule has 0 radical (unpaired) electrons. The minimum atomic E-state index is -0.263. The average Bonchev–Trinajstić information content (AvgIpc) is 3.54. The van der Waals surface area contributed by atoms with E-state index < -0.39 is 0 Å². The van der Waals surface area contributed by atoms with E-state index >= 15 is 0 Å². The van der Waals surface area contributed by atoms with Crippen molar-refractivity contribution in [2.24, 2.45) is 0 Å². The summed E-state index contributed by atoms with van der Waals surface area (Å²) in [6, 6.07) is 14.0. The standard InChI is InChI=1S/C23H21N5OS/c1-14-18-21(27-17-7-8-17)25-13-26-23(18)30-20(14)22(29)28-19(15-5-3-2-4-6-15)16-9-11-24-12-10-16/h2-6,9-13,17,19H,7-8H2,1H3,(H,28,29)(H,25,26,27)/t19-/m0/s1. The van der Waals surface area contributed by atoms with Crippen LogP contribution in [0.3, 0.4) is 0 Å². The van der Waals surface area contributed by atoms with Crippen molar-refractivity contribution in [3.63, 3.8) is 0 Å². The van der Waals surface area contributed by atoms with Crippen LogP contribution in [0.2, 0.25) is 0 Å². The van der Waals surface area contributed by atoms with Crippen LogP contribution in [0.15, 0.2) is 61.2 Å². The highest BCUT2D eigenvalue weighted by Gasteiger charge is 2.26. The van der Waals surface area contributed by atoms with Gasteiger partial charge in [-0.1, -0.05) is 30.3 Å². The minimum Gasteiger partial charge on any atom is -0.367 e. The lowest BCUT2D eigenvalue weighted by atomic mass is 9.99. The Kier molecular flexibility index (Phi) is 4.88. The third-order valence-electron chi connectivity index (χ3n) is 5.30. The van der Waals surface area contributed by atoms with Crippen LogP contribution < -0.4 is 10.6 Å². The minimum absolute atomic E-state index is 0.112. The molecule has 0 aliphatic heterocycles. The topological polar surface area (TPSA) is 79.8 Å². The Balaban J connectivity index is 1.50. The van der Waals surface area contributed by atoms with Gasteiger partial charge in [0.2, 0.25) is 0 Å². The predicted molar refractivity (Wildman–Crippen MR) is 119 cm³/mol. The van der Waals surface area contributed by atoms with Crippen LogP contribution in [0.1, 0.15) is 45.2 Å². The number of pyridine rings is 1. The number of rotatable bonds is 6. The lowest BCUT2D eigenvalue weighted by Gasteiger charge is -2.19. The van der Waals surface area contributed by atoms with Gasteiger partial charge in [0.1, 0.15) is 17.0 Å². The molecule has 1 aromatic carbocycles. The second kappa shape index (κ2) is 7.84. The fourth-order valence-electron chi connectivity index (χ4n) is 3.58. The molecular weight excluding hydrogens is 394 g/mol. The average molecular weight is 416 g/mol. The summed E-state index contributed by atoms with van der Waals surface area (Å²) < 4.78 is 0. The Hall–Kier alpha value is -3.32.